The zero-order valence-electron chi connectivity index (χ0n) is 19.8. The van der Waals surface area contributed by atoms with E-state index in [0.29, 0.717) is 10.7 Å². The van der Waals surface area contributed by atoms with Crippen LogP contribution in [-0.4, -0.2) is 23.5 Å². The third kappa shape index (κ3) is 6.02. The van der Waals surface area contributed by atoms with Gasteiger partial charge in [0.25, 0.3) is 0 Å². The maximum atomic E-state index is 13.7. The Morgan fingerprint density at radius 1 is 1.03 bits per heavy atom. The van der Waals surface area contributed by atoms with Crippen LogP contribution < -0.4 is 15.0 Å². The zero-order chi connectivity index (χ0) is 27.0. The van der Waals surface area contributed by atoms with Gasteiger partial charge in [-0.3, -0.25) is 10.1 Å². The van der Waals surface area contributed by atoms with Crippen LogP contribution >= 0.6 is 11.6 Å². The van der Waals surface area contributed by atoms with Crippen molar-refractivity contribution in [1.82, 2.24) is 10.3 Å². The second kappa shape index (κ2) is 10.3. The summed E-state index contributed by atoms with van der Waals surface area (Å²) in [6.07, 6.45) is -4.33. The highest BCUT2D eigenvalue weighted by Crippen LogP contribution is 2.40. The molecule has 0 saturated carbocycles. The highest BCUT2D eigenvalue weighted by molar-refractivity contribution is 6.30. The lowest BCUT2D eigenvalue weighted by Crippen LogP contribution is -2.48. The van der Waals surface area contributed by atoms with E-state index in [9.17, 15) is 26.7 Å². The number of amides is 1. The smallest absolute Gasteiger partial charge is 0.433 e. The molecule has 0 aliphatic carbocycles. The number of pyridine rings is 1. The first-order valence-electron chi connectivity index (χ1n) is 11.3. The molecule has 0 spiro atoms. The van der Waals surface area contributed by atoms with E-state index in [1.165, 1.54) is 41.3 Å². The van der Waals surface area contributed by atoms with Crippen molar-refractivity contribution in [2.45, 2.75) is 50.7 Å². The third-order valence-corrected chi connectivity index (χ3v) is 6.33. The fourth-order valence-corrected chi connectivity index (χ4v) is 4.61. The van der Waals surface area contributed by atoms with Crippen LogP contribution in [0.2, 0.25) is 5.02 Å². The van der Waals surface area contributed by atoms with E-state index in [1.54, 1.807) is 32.0 Å². The van der Waals surface area contributed by atoms with E-state index in [0.717, 1.165) is 11.6 Å². The Balaban J connectivity index is 1.66. The minimum absolute atomic E-state index is 0.0591. The number of halogens is 6. The SMILES string of the molecule is CC(C)(N[C@@H]1C[C@H](c2cccc(Cl)c2)N(c2ccc(OC(F)F)cc2)C1=O)c1cccc(C(F)(F)F)n1. The summed E-state index contributed by atoms with van der Waals surface area (Å²) >= 11 is 6.19. The molecule has 0 bridgehead atoms. The molecule has 11 heteroatoms. The minimum atomic E-state index is -4.61. The highest BCUT2D eigenvalue weighted by atomic mass is 35.5. The van der Waals surface area contributed by atoms with Crippen LogP contribution in [0.1, 0.15) is 43.3 Å². The molecule has 5 nitrogen and oxygen atoms in total. The quantitative estimate of drug-likeness (QED) is 0.338. The Bertz CT molecular complexity index is 1270. The van der Waals surface area contributed by atoms with Gasteiger partial charge in [-0.1, -0.05) is 29.8 Å². The fraction of sp³-hybridized carbons (Fsp3) is 0.308. The van der Waals surface area contributed by atoms with E-state index in [1.807, 2.05) is 6.07 Å². The summed E-state index contributed by atoms with van der Waals surface area (Å²) in [5, 5.41) is 3.64. The van der Waals surface area contributed by atoms with Gasteiger partial charge in [-0.25, -0.2) is 4.98 Å². The summed E-state index contributed by atoms with van der Waals surface area (Å²) in [5.41, 5.74) is -0.807. The number of anilines is 1. The number of nitrogens with zero attached hydrogens (tertiary/aromatic N) is 2. The number of alkyl halides is 5. The maximum Gasteiger partial charge on any atom is 0.433 e. The van der Waals surface area contributed by atoms with Crippen LogP contribution in [0.3, 0.4) is 0 Å². The first kappa shape index (κ1) is 26.8. The number of benzene rings is 2. The topological polar surface area (TPSA) is 54.5 Å². The van der Waals surface area contributed by atoms with E-state index in [-0.39, 0.29) is 23.8 Å². The lowest BCUT2D eigenvalue weighted by Gasteiger charge is -2.29. The second-order valence-corrected chi connectivity index (χ2v) is 9.55. The Kier molecular flexibility index (Phi) is 7.43. The average Bonchev–Trinajstić information content (AvgIpc) is 3.14. The van der Waals surface area contributed by atoms with E-state index in [4.69, 9.17) is 11.6 Å². The summed E-state index contributed by atoms with van der Waals surface area (Å²) in [7, 11) is 0. The van der Waals surface area contributed by atoms with Gasteiger partial charge in [0.2, 0.25) is 5.91 Å². The molecule has 3 aromatic rings. The van der Waals surface area contributed by atoms with Gasteiger partial charge < -0.3 is 9.64 Å². The van der Waals surface area contributed by atoms with Gasteiger partial charge in [0.15, 0.2) is 0 Å². The van der Waals surface area contributed by atoms with Gasteiger partial charge in [-0.2, -0.15) is 22.0 Å². The third-order valence-electron chi connectivity index (χ3n) is 6.09. The highest BCUT2D eigenvalue weighted by Gasteiger charge is 2.44. The first-order valence-corrected chi connectivity index (χ1v) is 11.7. The number of hydrogen-bond acceptors (Lipinski definition) is 4. The van der Waals surface area contributed by atoms with Crippen LogP contribution in [-0.2, 0) is 16.5 Å². The molecule has 2 heterocycles. The van der Waals surface area contributed by atoms with Gasteiger partial charge in [-0.15, -0.1) is 0 Å². The molecule has 0 unspecified atom stereocenters. The summed E-state index contributed by atoms with van der Waals surface area (Å²) < 4.78 is 69.2. The molecule has 2 atom stereocenters. The summed E-state index contributed by atoms with van der Waals surface area (Å²) in [5.74, 6) is -0.399. The van der Waals surface area contributed by atoms with Crippen molar-refractivity contribution in [3.63, 3.8) is 0 Å². The Morgan fingerprint density at radius 3 is 2.30 bits per heavy atom. The number of nitrogens with one attached hydrogen (secondary N) is 1. The van der Waals surface area contributed by atoms with Gasteiger partial charge in [-0.05, 0) is 74.4 Å². The minimum Gasteiger partial charge on any atom is -0.435 e. The molecule has 1 N–H and O–H groups in total. The van der Waals surface area contributed by atoms with Crippen LogP contribution in [0.5, 0.6) is 5.75 Å². The van der Waals surface area contributed by atoms with Crippen LogP contribution in [0.15, 0.2) is 66.7 Å². The molecule has 0 radical (unpaired) electrons. The molecular weight excluding hydrogens is 517 g/mol. The predicted octanol–water partition coefficient (Wildman–Crippen LogP) is 6.73. The fourth-order valence-electron chi connectivity index (χ4n) is 4.42. The van der Waals surface area contributed by atoms with Gasteiger partial charge in [0.05, 0.1) is 23.3 Å². The van der Waals surface area contributed by atoms with E-state index < -0.39 is 36.1 Å². The standard InChI is InChI=1S/C26H23ClF5N3O2/c1-25(2,21-7-4-8-22(33-21)26(30,31)32)34-19-14-20(15-5-3-6-16(27)13-15)35(23(19)36)17-9-11-18(12-10-17)37-24(28)29/h3-13,19-20,24,34H,14H2,1-2H3/t19-,20-/m1/s1. The molecular formula is C26H23ClF5N3O2. The molecule has 1 saturated heterocycles. The van der Waals surface area contributed by atoms with Gasteiger partial charge in [0.1, 0.15) is 11.4 Å². The van der Waals surface area contributed by atoms with Crippen molar-refractivity contribution in [2.24, 2.45) is 0 Å². The molecule has 1 aliphatic heterocycles. The molecule has 4 rings (SSSR count). The second-order valence-electron chi connectivity index (χ2n) is 9.11. The van der Waals surface area contributed by atoms with Gasteiger partial charge >= 0.3 is 12.8 Å². The largest absolute Gasteiger partial charge is 0.435 e. The lowest BCUT2D eigenvalue weighted by molar-refractivity contribution is -0.141. The van der Waals surface area contributed by atoms with E-state index >= 15 is 0 Å². The molecule has 1 fully saturated rings. The zero-order valence-corrected chi connectivity index (χ0v) is 20.5. The summed E-state index contributed by atoms with van der Waals surface area (Å²) in [6, 6.07) is 15.0. The molecule has 1 aromatic heterocycles. The number of aromatic nitrogens is 1. The average molecular weight is 540 g/mol. The molecule has 2 aromatic carbocycles. The van der Waals surface area contributed by atoms with Crippen LogP contribution in [0.25, 0.3) is 0 Å². The van der Waals surface area contributed by atoms with Crippen molar-refractivity contribution in [2.75, 3.05) is 4.90 Å². The van der Waals surface area contributed by atoms with Gasteiger partial charge in [0, 0.05) is 10.7 Å². The normalized spacial score (nSPS) is 18.5. The Morgan fingerprint density at radius 2 is 1.68 bits per heavy atom. The number of ether oxygens (including phenoxy) is 1. The maximum absolute atomic E-state index is 13.7. The number of carbonyl (C=O) groups is 1. The number of rotatable bonds is 7. The number of hydrogen-bond donors (Lipinski definition) is 1. The van der Waals surface area contributed by atoms with Crippen LogP contribution in [0.4, 0.5) is 27.6 Å². The molecule has 1 aliphatic rings. The summed E-state index contributed by atoms with van der Waals surface area (Å²) in [6.45, 7) is 0.311. The summed E-state index contributed by atoms with van der Waals surface area (Å²) in [4.78, 5) is 18.9. The molecule has 196 valence electrons. The predicted molar refractivity (Wildman–Crippen MR) is 129 cm³/mol. The van der Waals surface area contributed by atoms with Crippen molar-refractivity contribution in [3.8, 4) is 5.75 Å². The Labute approximate surface area is 215 Å². The van der Waals surface area contributed by atoms with E-state index in [2.05, 4.69) is 15.0 Å². The Hall–Kier alpha value is -3.24. The van der Waals surface area contributed by atoms with Crippen molar-refractivity contribution in [3.05, 3.63) is 88.7 Å². The first-order chi connectivity index (χ1) is 17.3. The molecule has 37 heavy (non-hydrogen) atoms. The van der Waals surface area contributed by atoms with Crippen molar-refractivity contribution in [1.29, 1.82) is 0 Å². The lowest BCUT2D eigenvalue weighted by atomic mass is 9.96. The monoisotopic (exact) mass is 539 g/mol. The number of carbonyl (C=O) groups excluding carboxylic acids is 1. The van der Waals surface area contributed by atoms with Crippen LogP contribution in [0, 0.1) is 0 Å². The molecule has 1 amide bonds. The van der Waals surface area contributed by atoms with Crippen molar-refractivity contribution >= 4 is 23.2 Å². The van der Waals surface area contributed by atoms with Crippen molar-refractivity contribution < 1.29 is 31.5 Å².